The van der Waals surface area contributed by atoms with Crippen LogP contribution in [0.15, 0.2) is 30.3 Å². The summed E-state index contributed by atoms with van der Waals surface area (Å²) in [6.45, 7) is 9.70. The second-order valence-corrected chi connectivity index (χ2v) is 6.22. The Balaban J connectivity index is 2.21. The van der Waals surface area contributed by atoms with Crippen LogP contribution in [0.1, 0.15) is 29.9 Å². The molecule has 0 aliphatic heterocycles. The summed E-state index contributed by atoms with van der Waals surface area (Å²) in [5, 5.41) is 3.46. The van der Waals surface area contributed by atoms with Gasteiger partial charge >= 0.3 is 0 Å². The lowest BCUT2D eigenvalue weighted by Crippen LogP contribution is -2.21. The van der Waals surface area contributed by atoms with Crippen LogP contribution >= 0.6 is 11.3 Å². The van der Waals surface area contributed by atoms with Crippen molar-refractivity contribution in [3.63, 3.8) is 0 Å². The number of aryl methyl sites for hydroxylation is 1. The summed E-state index contributed by atoms with van der Waals surface area (Å²) in [5.41, 5.74) is 4.13. The lowest BCUT2D eigenvalue weighted by atomic mass is 10.0. The van der Waals surface area contributed by atoms with E-state index >= 15 is 0 Å². The fourth-order valence-corrected chi connectivity index (χ4v) is 2.98. The highest BCUT2D eigenvalue weighted by atomic mass is 32.1. The standard InChI is InChI=1S/C16H21NS/c1-11(2)17-10-14-8-9-16(18-14)15-7-5-6-12(3)13(15)4/h5-9,11,17H,10H2,1-4H3. The van der Waals surface area contributed by atoms with Crippen molar-refractivity contribution in [3.8, 4) is 10.4 Å². The predicted octanol–water partition coefficient (Wildman–Crippen LogP) is 4.53. The molecule has 0 saturated heterocycles. The molecule has 1 aromatic carbocycles. The first-order chi connectivity index (χ1) is 8.58. The summed E-state index contributed by atoms with van der Waals surface area (Å²) in [6.07, 6.45) is 0. The van der Waals surface area contributed by atoms with Crippen LogP contribution in [-0.2, 0) is 6.54 Å². The monoisotopic (exact) mass is 259 g/mol. The van der Waals surface area contributed by atoms with E-state index in [0.717, 1.165) is 6.54 Å². The van der Waals surface area contributed by atoms with Gasteiger partial charge in [-0.3, -0.25) is 0 Å². The molecule has 0 saturated carbocycles. The first-order valence-corrected chi connectivity index (χ1v) is 7.28. The highest BCUT2D eigenvalue weighted by molar-refractivity contribution is 7.15. The van der Waals surface area contributed by atoms with Crippen molar-refractivity contribution in [1.82, 2.24) is 5.32 Å². The highest BCUT2D eigenvalue weighted by Crippen LogP contribution is 2.31. The van der Waals surface area contributed by atoms with Gasteiger partial charge in [-0.15, -0.1) is 11.3 Å². The van der Waals surface area contributed by atoms with Crippen LogP contribution in [0, 0.1) is 13.8 Å². The van der Waals surface area contributed by atoms with Gasteiger partial charge in [-0.2, -0.15) is 0 Å². The Kier molecular flexibility index (Phi) is 4.20. The Labute approximate surface area is 114 Å². The quantitative estimate of drug-likeness (QED) is 0.850. The third-order valence-corrected chi connectivity index (χ3v) is 4.33. The number of rotatable bonds is 4. The van der Waals surface area contributed by atoms with E-state index in [1.807, 2.05) is 11.3 Å². The third kappa shape index (κ3) is 3.01. The summed E-state index contributed by atoms with van der Waals surface area (Å²) in [5.74, 6) is 0. The molecule has 2 heteroatoms. The van der Waals surface area contributed by atoms with Gasteiger partial charge in [0.05, 0.1) is 0 Å². The molecule has 1 aromatic heterocycles. The predicted molar refractivity (Wildman–Crippen MR) is 81.2 cm³/mol. The van der Waals surface area contributed by atoms with Crippen LogP contribution < -0.4 is 5.32 Å². The second-order valence-electron chi connectivity index (χ2n) is 5.05. The number of hydrogen-bond donors (Lipinski definition) is 1. The zero-order valence-corrected chi connectivity index (χ0v) is 12.4. The molecule has 0 unspecified atom stereocenters. The lowest BCUT2D eigenvalue weighted by Gasteiger charge is -2.07. The Hall–Kier alpha value is -1.12. The van der Waals surface area contributed by atoms with Crippen LogP contribution in [0.5, 0.6) is 0 Å². The lowest BCUT2D eigenvalue weighted by molar-refractivity contribution is 0.593. The first-order valence-electron chi connectivity index (χ1n) is 6.46. The molecule has 1 heterocycles. The van der Waals surface area contributed by atoms with Crippen molar-refractivity contribution in [3.05, 3.63) is 46.3 Å². The van der Waals surface area contributed by atoms with Crippen molar-refractivity contribution < 1.29 is 0 Å². The zero-order chi connectivity index (χ0) is 13.1. The number of benzene rings is 1. The number of nitrogens with one attached hydrogen (secondary N) is 1. The van der Waals surface area contributed by atoms with Crippen LogP contribution in [0.4, 0.5) is 0 Å². The van der Waals surface area contributed by atoms with Gasteiger partial charge < -0.3 is 5.32 Å². The fourth-order valence-electron chi connectivity index (χ4n) is 1.94. The second kappa shape index (κ2) is 5.68. The van der Waals surface area contributed by atoms with E-state index in [0.29, 0.717) is 6.04 Å². The minimum Gasteiger partial charge on any atom is -0.310 e. The van der Waals surface area contributed by atoms with Crippen molar-refractivity contribution in [1.29, 1.82) is 0 Å². The molecule has 2 rings (SSSR count). The summed E-state index contributed by atoms with van der Waals surface area (Å²) >= 11 is 1.89. The molecule has 1 nitrogen and oxygen atoms in total. The molecule has 0 aliphatic rings. The number of hydrogen-bond acceptors (Lipinski definition) is 2. The SMILES string of the molecule is Cc1cccc(-c2ccc(CNC(C)C)s2)c1C. The van der Waals surface area contributed by atoms with Crippen molar-refractivity contribution in [2.45, 2.75) is 40.3 Å². The average Bonchev–Trinajstić information content (AvgIpc) is 2.78. The molecule has 0 radical (unpaired) electrons. The Bertz CT molecular complexity index is 526. The van der Waals surface area contributed by atoms with E-state index in [9.17, 15) is 0 Å². The van der Waals surface area contributed by atoms with E-state index in [4.69, 9.17) is 0 Å². The topological polar surface area (TPSA) is 12.0 Å². The highest BCUT2D eigenvalue weighted by Gasteiger charge is 2.07. The van der Waals surface area contributed by atoms with Crippen LogP contribution in [-0.4, -0.2) is 6.04 Å². The maximum atomic E-state index is 3.46. The van der Waals surface area contributed by atoms with E-state index < -0.39 is 0 Å². The minimum absolute atomic E-state index is 0.538. The van der Waals surface area contributed by atoms with Gasteiger partial charge in [0.1, 0.15) is 0 Å². The molecule has 96 valence electrons. The van der Waals surface area contributed by atoms with E-state index in [1.54, 1.807) is 0 Å². The molecule has 0 bridgehead atoms. The van der Waals surface area contributed by atoms with Gasteiger partial charge in [0.25, 0.3) is 0 Å². The van der Waals surface area contributed by atoms with E-state index in [-0.39, 0.29) is 0 Å². The smallest absolute Gasteiger partial charge is 0.0348 e. The summed E-state index contributed by atoms with van der Waals surface area (Å²) in [7, 11) is 0. The fraction of sp³-hybridized carbons (Fsp3) is 0.375. The summed E-state index contributed by atoms with van der Waals surface area (Å²) in [4.78, 5) is 2.77. The summed E-state index contributed by atoms with van der Waals surface area (Å²) in [6, 6.07) is 11.5. The molecule has 0 atom stereocenters. The molecule has 0 spiro atoms. The van der Waals surface area contributed by atoms with Gasteiger partial charge in [-0.05, 0) is 42.7 Å². The average molecular weight is 259 g/mol. The third-order valence-electron chi connectivity index (χ3n) is 3.22. The zero-order valence-electron chi connectivity index (χ0n) is 11.6. The molecule has 0 amide bonds. The summed E-state index contributed by atoms with van der Waals surface area (Å²) < 4.78 is 0. The normalized spacial score (nSPS) is 11.2. The molecular formula is C16H21NS. The van der Waals surface area contributed by atoms with Crippen LogP contribution in [0.2, 0.25) is 0 Å². The van der Waals surface area contributed by atoms with Crippen LogP contribution in [0.3, 0.4) is 0 Å². The number of thiophene rings is 1. The first kappa shape index (κ1) is 13.3. The van der Waals surface area contributed by atoms with Crippen molar-refractivity contribution >= 4 is 11.3 Å². The maximum absolute atomic E-state index is 3.46. The van der Waals surface area contributed by atoms with Gasteiger partial charge in [0, 0.05) is 22.3 Å². The largest absolute Gasteiger partial charge is 0.310 e. The van der Waals surface area contributed by atoms with Gasteiger partial charge in [0.2, 0.25) is 0 Å². The molecular weight excluding hydrogens is 238 g/mol. The Morgan fingerprint density at radius 2 is 1.89 bits per heavy atom. The molecule has 1 N–H and O–H groups in total. The maximum Gasteiger partial charge on any atom is 0.0348 e. The Morgan fingerprint density at radius 3 is 2.61 bits per heavy atom. The molecule has 18 heavy (non-hydrogen) atoms. The van der Waals surface area contributed by atoms with Crippen molar-refractivity contribution in [2.75, 3.05) is 0 Å². The molecule has 2 aromatic rings. The Morgan fingerprint density at radius 1 is 1.11 bits per heavy atom. The van der Waals surface area contributed by atoms with Crippen LogP contribution in [0.25, 0.3) is 10.4 Å². The van der Waals surface area contributed by atoms with Gasteiger partial charge in [0.15, 0.2) is 0 Å². The minimum atomic E-state index is 0.538. The van der Waals surface area contributed by atoms with E-state index in [1.165, 1.54) is 26.4 Å². The van der Waals surface area contributed by atoms with Gasteiger partial charge in [-0.1, -0.05) is 32.0 Å². The van der Waals surface area contributed by atoms with E-state index in [2.05, 4.69) is 63.3 Å². The molecule has 0 fully saturated rings. The van der Waals surface area contributed by atoms with Gasteiger partial charge in [-0.25, -0.2) is 0 Å². The molecule has 0 aliphatic carbocycles. The van der Waals surface area contributed by atoms with Crippen molar-refractivity contribution in [2.24, 2.45) is 0 Å².